The molecule has 30 heavy (non-hydrogen) atoms. The highest BCUT2D eigenvalue weighted by Gasteiger charge is 2.46. The summed E-state index contributed by atoms with van der Waals surface area (Å²) in [6.45, 7) is 4.47. The molecule has 8 heteroatoms. The van der Waals surface area contributed by atoms with Crippen LogP contribution in [0.1, 0.15) is 35.1 Å². The summed E-state index contributed by atoms with van der Waals surface area (Å²) >= 11 is 0. The number of aromatic nitrogens is 2. The molecule has 2 aromatic rings. The summed E-state index contributed by atoms with van der Waals surface area (Å²) in [6.07, 6.45) is 2.08. The van der Waals surface area contributed by atoms with Crippen molar-refractivity contribution in [3.63, 3.8) is 0 Å². The SMILES string of the molecule is Cc1ncc(C(O)=C2C(=O)C(=O)N(CCCN(C)C)[C@@H]2c2ccc(F)cc2)c(C)n1. The molecule has 0 spiro atoms. The molecule has 1 aromatic heterocycles. The Morgan fingerprint density at radius 3 is 2.47 bits per heavy atom. The third kappa shape index (κ3) is 4.23. The molecule has 2 heterocycles. The summed E-state index contributed by atoms with van der Waals surface area (Å²) in [6, 6.07) is 4.78. The van der Waals surface area contributed by atoms with Crippen LogP contribution in [0.25, 0.3) is 5.76 Å². The zero-order valence-corrected chi connectivity index (χ0v) is 17.5. The standard InChI is InChI=1S/C22H25FN4O3/c1-13-17(12-24-14(2)25-13)20(28)18-19(15-6-8-16(23)9-7-15)27(22(30)21(18)29)11-5-10-26(3)4/h6-9,12,19,28H,5,10-11H2,1-4H3/t19-/m1/s1. The lowest BCUT2D eigenvalue weighted by atomic mass is 9.95. The van der Waals surface area contributed by atoms with Gasteiger partial charge in [0.15, 0.2) is 0 Å². The first-order chi connectivity index (χ1) is 14.2. The minimum atomic E-state index is -0.812. The Morgan fingerprint density at radius 1 is 1.20 bits per heavy atom. The van der Waals surface area contributed by atoms with Gasteiger partial charge in [-0.25, -0.2) is 14.4 Å². The third-order valence-corrected chi connectivity index (χ3v) is 5.08. The van der Waals surface area contributed by atoms with E-state index in [1.165, 1.54) is 35.4 Å². The predicted octanol–water partition coefficient (Wildman–Crippen LogP) is 2.61. The van der Waals surface area contributed by atoms with E-state index in [9.17, 15) is 19.1 Å². The molecule has 1 N–H and O–H groups in total. The number of ketones is 1. The van der Waals surface area contributed by atoms with Gasteiger partial charge in [0.25, 0.3) is 11.7 Å². The van der Waals surface area contributed by atoms with Crippen molar-refractivity contribution in [1.82, 2.24) is 19.8 Å². The lowest BCUT2D eigenvalue weighted by Crippen LogP contribution is -2.32. The lowest BCUT2D eigenvalue weighted by molar-refractivity contribution is -0.139. The summed E-state index contributed by atoms with van der Waals surface area (Å²) < 4.78 is 13.5. The van der Waals surface area contributed by atoms with Gasteiger partial charge in [0.2, 0.25) is 0 Å². The number of aliphatic hydroxyl groups excluding tert-OH is 1. The van der Waals surface area contributed by atoms with E-state index in [1.54, 1.807) is 13.8 Å². The molecule has 1 saturated heterocycles. The maximum atomic E-state index is 13.5. The second-order valence-corrected chi connectivity index (χ2v) is 7.62. The van der Waals surface area contributed by atoms with Crippen LogP contribution in [0.3, 0.4) is 0 Å². The summed E-state index contributed by atoms with van der Waals surface area (Å²) in [5, 5.41) is 11.0. The highest BCUT2D eigenvalue weighted by atomic mass is 19.1. The number of hydrogen-bond acceptors (Lipinski definition) is 6. The number of aliphatic hydroxyl groups is 1. The van der Waals surface area contributed by atoms with E-state index in [2.05, 4.69) is 9.97 Å². The predicted molar refractivity (Wildman–Crippen MR) is 110 cm³/mol. The van der Waals surface area contributed by atoms with Gasteiger partial charge in [-0.2, -0.15) is 0 Å². The van der Waals surface area contributed by atoms with Crippen LogP contribution in [-0.2, 0) is 9.59 Å². The molecule has 0 unspecified atom stereocenters. The number of hydrogen-bond donors (Lipinski definition) is 1. The van der Waals surface area contributed by atoms with Crippen molar-refractivity contribution in [3.8, 4) is 0 Å². The molecule has 0 aliphatic carbocycles. The van der Waals surface area contributed by atoms with Crippen LogP contribution in [0.2, 0.25) is 0 Å². The zero-order valence-electron chi connectivity index (χ0n) is 17.5. The van der Waals surface area contributed by atoms with Crippen molar-refractivity contribution >= 4 is 17.4 Å². The van der Waals surface area contributed by atoms with Crippen LogP contribution in [-0.4, -0.2) is 63.7 Å². The van der Waals surface area contributed by atoms with Gasteiger partial charge in [-0.05, 0) is 58.6 Å². The number of Topliss-reactive ketones (excluding diaryl/α,β-unsaturated/α-hetero) is 1. The van der Waals surface area contributed by atoms with E-state index in [-0.39, 0.29) is 11.3 Å². The smallest absolute Gasteiger partial charge is 0.295 e. The first-order valence-corrected chi connectivity index (χ1v) is 9.70. The van der Waals surface area contributed by atoms with E-state index in [0.717, 1.165) is 6.54 Å². The fraction of sp³-hybridized carbons (Fsp3) is 0.364. The maximum Gasteiger partial charge on any atom is 0.295 e. The molecule has 1 aliphatic heterocycles. The molecule has 3 rings (SSSR count). The topological polar surface area (TPSA) is 86.6 Å². The number of amides is 1. The summed E-state index contributed by atoms with van der Waals surface area (Å²) in [7, 11) is 3.84. The van der Waals surface area contributed by atoms with Gasteiger partial charge in [-0.3, -0.25) is 9.59 Å². The van der Waals surface area contributed by atoms with Crippen molar-refractivity contribution in [3.05, 3.63) is 64.5 Å². The third-order valence-electron chi connectivity index (χ3n) is 5.08. The molecular weight excluding hydrogens is 387 g/mol. The number of rotatable bonds is 6. The Hall–Kier alpha value is -3.13. The van der Waals surface area contributed by atoms with Crippen LogP contribution in [0.4, 0.5) is 4.39 Å². The Labute approximate surface area is 174 Å². The van der Waals surface area contributed by atoms with Gasteiger partial charge < -0.3 is 14.9 Å². The Morgan fingerprint density at radius 2 is 1.87 bits per heavy atom. The molecule has 1 aliphatic rings. The van der Waals surface area contributed by atoms with E-state index >= 15 is 0 Å². The molecule has 1 fully saturated rings. The monoisotopic (exact) mass is 412 g/mol. The van der Waals surface area contributed by atoms with Crippen molar-refractivity contribution < 1.29 is 19.1 Å². The molecule has 7 nitrogen and oxygen atoms in total. The van der Waals surface area contributed by atoms with Crippen LogP contribution in [0, 0.1) is 19.7 Å². The van der Waals surface area contributed by atoms with Crippen LogP contribution in [0.15, 0.2) is 36.0 Å². The number of likely N-dealkylation sites (tertiary alicyclic amines) is 1. The normalized spacial score (nSPS) is 18.5. The molecular formula is C22H25FN4O3. The van der Waals surface area contributed by atoms with Gasteiger partial charge >= 0.3 is 0 Å². The van der Waals surface area contributed by atoms with Crippen LogP contribution >= 0.6 is 0 Å². The van der Waals surface area contributed by atoms with Crippen LogP contribution < -0.4 is 0 Å². The van der Waals surface area contributed by atoms with Gasteiger partial charge in [0, 0.05) is 12.7 Å². The molecule has 1 aromatic carbocycles. The molecule has 158 valence electrons. The molecule has 0 saturated carbocycles. The van der Waals surface area contributed by atoms with E-state index < -0.39 is 23.5 Å². The quantitative estimate of drug-likeness (QED) is 0.446. The van der Waals surface area contributed by atoms with Crippen molar-refractivity contribution in [2.24, 2.45) is 0 Å². The van der Waals surface area contributed by atoms with Gasteiger partial charge in [-0.15, -0.1) is 0 Å². The highest BCUT2D eigenvalue weighted by molar-refractivity contribution is 6.46. The average molecular weight is 412 g/mol. The van der Waals surface area contributed by atoms with Crippen molar-refractivity contribution in [1.29, 1.82) is 0 Å². The fourth-order valence-electron chi connectivity index (χ4n) is 3.62. The van der Waals surface area contributed by atoms with E-state index in [1.807, 2.05) is 19.0 Å². The number of benzene rings is 1. The van der Waals surface area contributed by atoms with Gasteiger partial charge in [0.1, 0.15) is 17.4 Å². The van der Waals surface area contributed by atoms with Gasteiger partial charge in [-0.1, -0.05) is 12.1 Å². The van der Waals surface area contributed by atoms with Crippen LogP contribution in [0.5, 0.6) is 0 Å². The molecule has 1 amide bonds. The number of carbonyl (C=O) groups excluding carboxylic acids is 2. The van der Waals surface area contributed by atoms with E-state index in [0.29, 0.717) is 35.6 Å². The minimum absolute atomic E-state index is 0.0352. The Kier molecular flexibility index (Phi) is 6.26. The summed E-state index contributed by atoms with van der Waals surface area (Å²) in [5.74, 6) is -1.67. The number of nitrogens with zero attached hydrogens (tertiary/aromatic N) is 4. The highest BCUT2D eigenvalue weighted by Crippen LogP contribution is 2.39. The average Bonchev–Trinajstić information content (AvgIpc) is 2.93. The number of carbonyl (C=O) groups is 2. The number of halogens is 1. The van der Waals surface area contributed by atoms with Crippen molar-refractivity contribution in [2.75, 3.05) is 27.2 Å². The van der Waals surface area contributed by atoms with E-state index in [4.69, 9.17) is 0 Å². The number of aryl methyl sites for hydroxylation is 2. The second kappa shape index (κ2) is 8.71. The Bertz CT molecular complexity index is 1000. The fourth-order valence-corrected chi connectivity index (χ4v) is 3.62. The van der Waals surface area contributed by atoms with Gasteiger partial charge in [0.05, 0.1) is 22.9 Å². The first-order valence-electron chi connectivity index (χ1n) is 9.70. The largest absolute Gasteiger partial charge is 0.507 e. The maximum absolute atomic E-state index is 13.5. The summed E-state index contributed by atoms with van der Waals surface area (Å²) in [5.41, 5.74) is 1.30. The zero-order chi connectivity index (χ0) is 22.0. The Balaban J connectivity index is 2.12. The first kappa shape index (κ1) is 21.6. The molecule has 0 bridgehead atoms. The second-order valence-electron chi connectivity index (χ2n) is 7.62. The summed E-state index contributed by atoms with van der Waals surface area (Å²) in [4.78, 5) is 37.5. The minimum Gasteiger partial charge on any atom is -0.507 e. The van der Waals surface area contributed by atoms with Crippen molar-refractivity contribution in [2.45, 2.75) is 26.3 Å². The molecule has 0 radical (unpaired) electrons. The lowest BCUT2D eigenvalue weighted by Gasteiger charge is -2.26. The molecule has 1 atom stereocenters.